The fourth-order valence-electron chi connectivity index (χ4n) is 0.650. The normalized spacial score (nSPS) is 12.7. The molecule has 0 aromatic rings. The van der Waals surface area contributed by atoms with Crippen molar-refractivity contribution in [1.29, 1.82) is 0 Å². The first-order valence-electron chi connectivity index (χ1n) is 3.81. The number of rotatable bonds is 4. The first kappa shape index (κ1) is 9.63. The molecule has 0 aliphatic carbocycles. The lowest BCUT2D eigenvalue weighted by molar-refractivity contribution is 0.664. The highest BCUT2D eigenvalue weighted by Gasteiger charge is 1.91. The molecule has 2 nitrogen and oxygen atoms in total. The van der Waals surface area contributed by atoms with E-state index in [4.69, 9.17) is 0 Å². The summed E-state index contributed by atoms with van der Waals surface area (Å²) in [6.45, 7) is 8.27. The van der Waals surface area contributed by atoms with Crippen molar-refractivity contribution in [3.8, 4) is 0 Å². The van der Waals surface area contributed by atoms with Crippen molar-refractivity contribution < 1.29 is 0 Å². The van der Waals surface area contributed by atoms with Crippen molar-refractivity contribution in [2.75, 3.05) is 20.1 Å². The van der Waals surface area contributed by atoms with Crippen LogP contribution in [0.2, 0.25) is 0 Å². The molecule has 0 aromatic heterocycles. The number of nitrogens with zero attached hydrogens (tertiary/aromatic N) is 1. The fourth-order valence-corrected chi connectivity index (χ4v) is 0.650. The number of nitrogens with one attached hydrogen (secondary N) is 1. The van der Waals surface area contributed by atoms with Crippen molar-refractivity contribution in [2.45, 2.75) is 20.8 Å². The molecule has 1 N–H and O–H groups in total. The highest BCUT2D eigenvalue weighted by Crippen LogP contribution is 1.91. The third-order valence-electron chi connectivity index (χ3n) is 1.16. The Morgan fingerprint density at radius 2 is 2.10 bits per heavy atom. The van der Waals surface area contributed by atoms with E-state index in [-0.39, 0.29) is 0 Å². The van der Waals surface area contributed by atoms with Crippen LogP contribution in [0.3, 0.4) is 0 Å². The number of aliphatic imine (C=N–C) groups is 1. The van der Waals surface area contributed by atoms with Gasteiger partial charge in [-0.05, 0) is 19.9 Å². The Labute approximate surface area is 63.7 Å². The summed E-state index contributed by atoms with van der Waals surface area (Å²) < 4.78 is 0. The molecule has 0 aliphatic heterocycles. The molecule has 0 atom stereocenters. The summed E-state index contributed by atoms with van der Waals surface area (Å²) in [5.74, 6) is 0.673. The standard InChI is InChI=1S/C8H18N2/c1-7(2)5-10-8(3)6-9-4/h7,9H,5-6H2,1-4H3/b10-8+. The maximum absolute atomic E-state index is 4.37. The zero-order valence-electron chi connectivity index (χ0n) is 7.44. The minimum absolute atomic E-state index is 0.673. The summed E-state index contributed by atoms with van der Waals surface area (Å²) in [5, 5.41) is 3.06. The molecule has 0 fully saturated rings. The van der Waals surface area contributed by atoms with E-state index in [9.17, 15) is 0 Å². The van der Waals surface area contributed by atoms with Crippen LogP contribution >= 0.6 is 0 Å². The summed E-state index contributed by atoms with van der Waals surface area (Å²) in [6, 6.07) is 0. The molecular formula is C8H18N2. The number of hydrogen-bond acceptors (Lipinski definition) is 2. The zero-order chi connectivity index (χ0) is 7.98. The van der Waals surface area contributed by atoms with Crippen LogP contribution in [0.1, 0.15) is 20.8 Å². The lowest BCUT2D eigenvalue weighted by Gasteiger charge is -2.01. The molecule has 0 saturated heterocycles. The second-order valence-corrected chi connectivity index (χ2v) is 3.00. The molecule has 0 amide bonds. The van der Waals surface area contributed by atoms with Crippen LogP contribution in [0, 0.1) is 5.92 Å². The van der Waals surface area contributed by atoms with Crippen molar-refractivity contribution >= 4 is 5.71 Å². The second kappa shape index (κ2) is 5.42. The second-order valence-electron chi connectivity index (χ2n) is 3.00. The Bertz CT molecular complexity index is 106. The molecule has 0 aliphatic rings. The zero-order valence-corrected chi connectivity index (χ0v) is 7.44. The highest BCUT2D eigenvalue weighted by atomic mass is 14.8. The Hall–Kier alpha value is -0.370. The predicted molar refractivity (Wildman–Crippen MR) is 46.7 cm³/mol. The lowest BCUT2D eigenvalue weighted by atomic mass is 10.2. The van der Waals surface area contributed by atoms with E-state index in [1.165, 1.54) is 5.71 Å². The molecule has 0 unspecified atom stereocenters. The fraction of sp³-hybridized carbons (Fsp3) is 0.875. The molecule has 0 aromatic carbocycles. The van der Waals surface area contributed by atoms with Crippen molar-refractivity contribution in [3.63, 3.8) is 0 Å². The molecule has 0 saturated carbocycles. The van der Waals surface area contributed by atoms with Gasteiger partial charge in [-0.15, -0.1) is 0 Å². The minimum Gasteiger partial charge on any atom is -0.315 e. The van der Waals surface area contributed by atoms with E-state index < -0.39 is 0 Å². The van der Waals surface area contributed by atoms with E-state index in [0.29, 0.717) is 5.92 Å². The van der Waals surface area contributed by atoms with E-state index >= 15 is 0 Å². The molecule has 0 spiro atoms. The predicted octanol–water partition coefficient (Wildman–Crippen LogP) is 1.32. The van der Waals surface area contributed by atoms with Gasteiger partial charge in [0.05, 0.1) is 0 Å². The van der Waals surface area contributed by atoms with Crippen LogP contribution in [0.15, 0.2) is 4.99 Å². The summed E-state index contributed by atoms with van der Waals surface area (Å²) in [4.78, 5) is 4.37. The molecule has 60 valence electrons. The Balaban J connectivity index is 3.47. The van der Waals surface area contributed by atoms with Gasteiger partial charge >= 0.3 is 0 Å². The van der Waals surface area contributed by atoms with Crippen LogP contribution in [-0.4, -0.2) is 25.8 Å². The largest absolute Gasteiger partial charge is 0.315 e. The molecule has 2 heteroatoms. The average Bonchev–Trinajstić information content (AvgIpc) is 1.85. The quantitative estimate of drug-likeness (QED) is 0.588. The minimum atomic E-state index is 0.673. The number of hydrogen-bond donors (Lipinski definition) is 1. The maximum Gasteiger partial charge on any atom is 0.0412 e. The van der Waals surface area contributed by atoms with Crippen molar-refractivity contribution in [1.82, 2.24) is 5.32 Å². The Morgan fingerprint density at radius 1 is 1.50 bits per heavy atom. The molecule has 10 heavy (non-hydrogen) atoms. The van der Waals surface area contributed by atoms with Crippen LogP contribution in [-0.2, 0) is 0 Å². The van der Waals surface area contributed by atoms with E-state index in [2.05, 4.69) is 31.1 Å². The summed E-state index contributed by atoms with van der Waals surface area (Å²) in [5.41, 5.74) is 1.19. The van der Waals surface area contributed by atoms with Gasteiger partial charge in [-0.25, -0.2) is 0 Å². The van der Waals surface area contributed by atoms with Crippen LogP contribution in [0.4, 0.5) is 0 Å². The van der Waals surface area contributed by atoms with E-state index in [1.54, 1.807) is 0 Å². The summed E-state index contributed by atoms with van der Waals surface area (Å²) in [6.07, 6.45) is 0. The third kappa shape index (κ3) is 5.76. The van der Waals surface area contributed by atoms with Crippen LogP contribution in [0.5, 0.6) is 0 Å². The maximum atomic E-state index is 4.37. The van der Waals surface area contributed by atoms with Gasteiger partial charge in [-0.3, -0.25) is 4.99 Å². The Morgan fingerprint density at radius 3 is 2.50 bits per heavy atom. The Kier molecular flexibility index (Phi) is 5.22. The third-order valence-corrected chi connectivity index (χ3v) is 1.16. The average molecular weight is 142 g/mol. The molecule has 0 heterocycles. The van der Waals surface area contributed by atoms with Gasteiger partial charge in [0.15, 0.2) is 0 Å². The monoisotopic (exact) mass is 142 g/mol. The first-order valence-corrected chi connectivity index (χ1v) is 3.81. The van der Waals surface area contributed by atoms with Gasteiger partial charge < -0.3 is 5.32 Å². The van der Waals surface area contributed by atoms with Gasteiger partial charge in [0, 0.05) is 18.8 Å². The molecule has 0 bridgehead atoms. The van der Waals surface area contributed by atoms with E-state index in [0.717, 1.165) is 13.1 Å². The SMILES string of the molecule is CNC/C(C)=N/CC(C)C. The van der Waals surface area contributed by atoms with Crippen molar-refractivity contribution in [3.05, 3.63) is 0 Å². The van der Waals surface area contributed by atoms with Crippen LogP contribution < -0.4 is 5.32 Å². The summed E-state index contributed by atoms with van der Waals surface area (Å²) >= 11 is 0. The van der Waals surface area contributed by atoms with Gasteiger partial charge in [-0.2, -0.15) is 0 Å². The lowest BCUT2D eigenvalue weighted by Crippen LogP contribution is -2.16. The first-order chi connectivity index (χ1) is 4.66. The highest BCUT2D eigenvalue weighted by molar-refractivity contribution is 5.83. The van der Waals surface area contributed by atoms with Gasteiger partial charge in [0.2, 0.25) is 0 Å². The van der Waals surface area contributed by atoms with Crippen LogP contribution in [0.25, 0.3) is 0 Å². The van der Waals surface area contributed by atoms with Gasteiger partial charge in [0.25, 0.3) is 0 Å². The topological polar surface area (TPSA) is 24.4 Å². The molecule has 0 radical (unpaired) electrons. The summed E-state index contributed by atoms with van der Waals surface area (Å²) in [7, 11) is 1.94. The van der Waals surface area contributed by atoms with E-state index in [1.807, 2.05) is 7.05 Å². The van der Waals surface area contributed by atoms with Gasteiger partial charge in [0.1, 0.15) is 0 Å². The molecular weight excluding hydrogens is 124 g/mol. The molecule has 0 rings (SSSR count). The van der Waals surface area contributed by atoms with Gasteiger partial charge in [-0.1, -0.05) is 13.8 Å². The smallest absolute Gasteiger partial charge is 0.0412 e. The van der Waals surface area contributed by atoms with Crippen molar-refractivity contribution in [2.24, 2.45) is 10.9 Å².